The van der Waals surface area contributed by atoms with E-state index in [9.17, 15) is 9.36 Å². The normalized spacial score (nSPS) is 24.1. The average molecular weight is 569 g/mol. The number of nitrogens with zero attached hydrogens (tertiary/aromatic N) is 4. The first-order valence-electron chi connectivity index (χ1n) is 14.5. The number of amides is 1. The molecule has 0 bridgehead atoms. The molecule has 0 saturated carbocycles. The minimum atomic E-state index is -2.95. The van der Waals surface area contributed by atoms with Crippen LogP contribution in [0.15, 0.2) is 48.5 Å². The number of carbonyl (C=O) groups is 1. The molecule has 0 spiro atoms. The molecule has 40 heavy (non-hydrogen) atoms. The molecular weight excluding hydrogens is 523 g/mol. The van der Waals surface area contributed by atoms with Crippen molar-refractivity contribution in [2.24, 2.45) is 0 Å². The largest absolute Gasteiger partial charge is 0.370 e. The summed E-state index contributed by atoms with van der Waals surface area (Å²) in [7, 11) is 0.763. The molecule has 1 amide bonds. The van der Waals surface area contributed by atoms with Crippen LogP contribution in [0.3, 0.4) is 0 Å². The molecule has 218 valence electrons. The highest BCUT2D eigenvalue weighted by Crippen LogP contribution is 2.52. The lowest BCUT2D eigenvalue weighted by atomic mass is 9.95. The predicted molar refractivity (Wildman–Crippen MR) is 160 cm³/mol. The van der Waals surface area contributed by atoms with Gasteiger partial charge in [-0.2, -0.15) is 0 Å². The zero-order valence-corrected chi connectivity index (χ0v) is 25.8. The molecule has 2 aromatic rings. The molecule has 1 aliphatic carbocycles. The summed E-state index contributed by atoms with van der Waals surface area (Å²) in [6, 6.07) is 16.4. The summed E-state index contributed by atoms with van der Waals surface area (Å²) in [5, 5.41) is 0. The summed E-state index contributed by atoms with van der Waals surface area (Å²) >= 11 is 0. The summed E-state index contributed by atoms with van der Waals surface area (Å²) in [6.07, 6.45) is 0.220. The number of carbonyl (C=O) groups excluding carboxylic acids is 1. The third-order valence-electron chi connectivity index (χ3n) is 8.55. The second-order valence-electron chi connectivity index (χ2n) is 12.5. The number of piperazine rings is 1. The molecule has 3 unspecified atom stereocenters. The van der Waals surface area contributed by atoms with Crippen LogP contribution in [0.1, 0.15) is 44.7 Å². The molecule has 9 heteroatoms. The van der Waals surface area contributed by atoms with Crippen LogP contribution < -0.4 is 0 Å². The van der Waals surface area contributed by atoms with E-state index in [1.54, 1.807) is 4.67 Å². The van der Waals surface area contributed by atoms with Gasteiger partial charge in [0.25, 0.3) is 0 Å². The van der Waals surface area contributed by atoms with Crippen LogP contribution in [0.2, 0.25) is 0 Å². The number of morpholine rings is 1. The summed E-state index contributed by atoms with van der Waals surface area (Å²) in [6.45, 7) is 13.1. The molecule has 2 aliphatic heterocycles. The number of hydrogen-bond acceptors (Lipinski definition) is 5. The monoisotopic (exact) mass is 568 g/mol. The van der Waals surface area contributed by atoms with Crippen molar-refractivity contribution in [3.63, 3.8) is 0 Å². The molecule has 2 saturated heterocycles. The highest BCUT2D eigenvalue weighted by atomic mass is 31.2. The van der Waals surface area contributed by atoms with Gasteiger partial charge in [-0.1, -0.05) is 48.5 Å². The van der Waals surface area contributed by atoms with Gasteiger partial charge in [0.15, 0.2) is 0 Å². The van der Waals surface area contributed by atoms with Gasteiger partial charge < -0.3 is 14.4 Å². The minimum Gasteiger partial charge on any atom is -0.370 e. The third kappa shape index (κ3) is 5.80. The molecule has 3 atom stereocenters. The molecule has 0 aromatic heterocycles. The summed E-state index contributed by atoms with van der Waals surface area (Å²) in [4.78, 5) is 18.2. The smallest absolute Gasteiger partial charge is 0.241 e. The predicted octanol–water partition coefficient (Wildman–Crippen LogP) is 4.56. The zero-order valence-electron chi connectivity index (χ0n) is 24.9. The van der Waals surface area contributed by atoms with E-state index in [-0.39, 0.29) is 35.9 Å². The van der Waals surface area contributed by atoms with E-state index in [1.807, 2.05) is 47.9 Å². The third-order valence-corrected chi connectivity index (χ3v) is 11.6. The van der Waals surface area contributed by atoms with E-state index in [1.165, 1.54) is 0 Å². The Morgan fingerprint density at radius 2 is 1.55 bits per heavy atom. The first kappa shape index (κ1) is 29.4. The zero-order chi connectivity index (χ0) is 28.7. The molecule has 5 rings (SSSR count). The van der Waals surface area contributed by atoms with Crippen molar-refractivity contribution >= 4 is 13.4 Å². The molecule has 2 aromatic carbocycles. The van der Waals surface area contributed by atoms with Gasteiger partial charge in [0.05, 0.1) is 24.7 Å². The standard InChI is InChI=1S/C31H45N4O4P/c1-23-19-34(31(2,3)4)20-24(39-23)21-38-22-40(37,32(5)6)35-17-15-33(16-18-35)30(36)29-27-13-9-7-11-25(27)26-12-8-10-14-28(26)29/h7-14,23-24,29H,15-22H2,1-6H3. The fourth-order valence-corrected chi connectivity index (χ4v) is 8.32. The van der Waals surface area contributed by atoms with Gasteiger partial charge in [0.1, 0.15) is 6.35 Å². The van der Waals surface area contributed by atoms with E-state index in [2.05, 4.69) is 56.9 Å². The number of hydrogen-bond donors (Lipinski definition) is 0. The van der Waals surface area contributed by atoms with Gasteiger partial charge in [-0.25, -0.2) is 9.34 Å². The maximum atomic E-state index is 14.2. The lowest BCUT2D eigenvalue weighted by Crippen LogP contribution is -2.55. The highest BCUT2D eigenvalue weighted by molar-refractivity contribution is 7.58. The lowest BCUT2D eigenvalue weighted by Gasteiger charge is -2.44. The Morgan fingerprint density at radius 1 is 0.975 bits per heavy atom. The minimum absolute atomic E-state index is 0.0507. The first-order chi connectivity index (χ1) is 19.0. The van der Waals surface area contributed by atoms with Crippen LogP contribution in [0, 0.1) is 0 Å². The number of ether oxygens (including phenoxy) is 2. The lowest BCUT2D eigenvalue weighted by molar-refractivity contribution is -0.133. The van der Waals surface area contributed by atoms with E-state index in [0.29, 0.717) is 32.8 Å². The van der Waals surface area contributed by atoms with Crippen molar-refractivity contribution in [1.82, 2.24) is 19.1 Å². The summed E-state index contributed by atoms with van der Waals surface area (Å²) in [5.74, 6) is -0.159. The Morgan fingerprint density at radius 3 is 2.10 bits per heavy atom. The van der Waals surface area contributed by atoms with E-state index in [4.69, 9.17) is 9.47 Å². The Kier molecular flexibility index (Phi) is 8.59. The molecule has 0 radical (unpaired) electrons. The van der Waals surface area contributed by atoms with Gasteiger partial charge in [0.2, 0.25) is 13.4 Å². The van der Waals surface area contributed by atoms with Crippen molar-refractivity contribution in [1.29, 1.82) is 0 Å². The molecular formula is C31H45N4O4P. The van der Waals surface area contributed by atoms with Crippen molar-refractivity contribution in [2.45, 2.75) is 51.4 Å². The maximum Gasteiger partial charge on any atom is 0.241 e. The van der Waals surface area contributed by atoms with Crippen molar-refractivity contribution < 1.29 is 18.8 Å². The van der Waals surface area contributed by atoms with Crippen molar-refractivity contribution in [3.05, 3.63) is 59.7 Å². The van der Waals surface area contributed by atoms with Gasteiger partial charge in [-0.05, 0) is 64.0 Å². The second-order valence-corrected chi connectivity index (χ2v) is 15.5. The van der Waals surface area contributed by atoms with Crippen LogP contribution in [-0.2, 0) is 18.8 Å². The van der Waals surface area contributed by atoms with Gasteiger partial charge >= 0.3 is 0 Å². The summed E-state index contributed by atoms with van der Waals surface area (Å²) in [5.41, 5.74) is 4.51. The average Bonchev–Trinajstić information content (AvgIpc) is 3.26. The number of rotatable bonds is 7. The van der Waals surface area contributed by atoms with Crippen molar-refractivity contribution in [2.75, 3.05) is 66.3 Å². The molecule has 2 heterocycles. The second kappa shape index (κ2) is 11.7. The van der Waals surface area contributed by atoms with Gasteiger partial charge in [0, 0.05) is 44.8 Å². The number of benzene rings is 2. The fourth-order valence-electron chi connectivity index (χ4n) is 6.27. The molecule has 0 N–H and O–H groups in total. The Labute approximate surface area is 239 Å². The van der Waals surface area contributed by atoms with Crippen LogP contribution in [0.25, 0.3) is 11.1 Å². The summed E-state index contributed by atoms with van der Waals surface area (Å²) < 4.78 is 30.3. The maximum absolute atomic E-state index is 14.2. The van der Waals surface area contributed by atoms with E-state index >= 15 is 0 Å². The van der Waals surface area contributed by atoms with Gasteiger partial charge in [-0.3, -0.25) is 14.3 Å². The van der Waals surface area contributed by atoms with Crippen LogP contribution in [0.5, 0.6) is 0 Å². The quantitative estimate of drug-likeness (QED) is 0.454. The highest BCUT2D eigenvalue weighted by Gasteiger charge is 2.41. The van der Waals surface area contributed by atoms with Crippen LogP contribution in [0.4, 0.5) is 0 Å². The molecule has 8 nitrogen and oxygen atoms in total. The van der Waals surface area contributed by atoms with E-state index < -0.39 is 7.44 Å². The molecule has 3 aliphatic rings. The van der Waals surface area contributed by atoms with Crippen LogP contribution >= 0.6 is 7.44 Å². The topological polar surface area (TPSA) is 65.6 Å². The Hall–Kier alpha value is -2.06. The van der Waals surface area contributed by atoms with Crippen LogP contribution in [-0.4, -0.2) is 109 Å². The van der Waals surface area contributed by atoms with E-state index in [0.717, 1.165) is 35.3 Å². The first-order valence-corrected chi connectivity index (χ1v) is 16.3. The molecule has 2 fully saturated rings. The van der Waals surface area contributed by atoms with Crippen molar-refractivity contribution in [3.8, 4) is 11.1 Å². The fraction of sp³-hybridized carbons (Fsp3) is 0.581. The SMILES string of the molecule is CC1CN(C(C)(C)C)CC(COCP(=O)(N(C)C)N2CCN(C(=O)C3c4ccccc4-c4ccccc43)CC2)O1. The Balaban J connectivity index is 1.20. The Bertz CT molecular complexity index is 1210. The number of fused-ring (bicyclic) bond motifs is 3. The van der Waals surface area contributed by atoms with Gasteiger partial charge in [-0.15, -0.1) is 0 Å².